The monoisotopic (exact) mass is 477 g/mol. The fraction of sp³-hybridized carbons (Fsp3) is 0.455. The lowest BCUT2D eigenvalue weighted by Gasteiger charge is -2.33. The third kappa shape index (κ3) is 5.10. The smallest absolute Gasteiger partial charge is 0.295 e. The zero-order chi connectivity index (χ0) is 23.5. The van der Waals surface area contributed by atoms with Crippen LogP contribution in [0.15, 0.2) is 45.2 Å². The number of halogens is 1. The lowest BCUT2D eigenvalue weighted by Crippen LogP contribution is -2.34. The minimum absolute atomic E-state index is 0.0127. The highest BCUT2D eigenvalue weighted by atomic mass is 35.5. The third-order valence-corrected chi connectivity index (χ3v) is 7.83. The van der Waals surface area contributed by atoms with E-state index in [2.05, 4.69) is 26.9 Å². The second kappa shape index (κ2) is 9.95. The molecule has 2 heterocycles. The Morgan fingerprint density at radius 1 is 1.41 bits per heavy atom. The van der Waals surface area contributed by atoms with Crippen molar-refractivity contribution in [3.63, 3.8) is 0 Å². The normalized spacial score (nSPS) is 16.3. The van der Waals surface area contributed by atoms with Crippen LogP contribution in [0.3, 0.4) is 0 Å². The predicted molar refractivity (Wildman–Crippen MR) is 130 cm³/mol. The van der Waals surface area contributed by atoms with Gasteiger partial charge in [-0.05, 0) is 44.7 Å². The first-order valence-electron chi connectivity index (χ1n) is 10.6. The number of rotatable bonds is 9. The van der Waals surface area contributed by atoms with Crippen LogP contribution >= 0.6 is 11.6 Å². The Hall–Kier alpha value is -2.52. The summed E-state index contributed by atoms with van der Waals surface area (Å²) in [5.41, 5.74) is 1.10. The maximum atomic E-state index is 13.3. The Kier molecular flexibility index (Phi) is 7.51. The van der Waals surface area contributed by atoms with Gasteiger partial charge in [-0.25, -0.2) is 18.4 Å². The maximum absolute atomic E-state index is 13.3. The van der Waals surface area contributed by atoms with E-state index < -0.39 is 9.84 Å². The van der Waals surface area contributed by atoms with E-state index in [0.29, 0.717) is 27.9 Å². The first-order chi connectivity index (χ1) is 15.2. The van der Waals surface area contributed by atoms with Crippen LogP contribution in [0.4, 0.5) is 5.82 Å². The summed E-state index contributed by atoms with van der Waals surface area (Å²) in [6.07, 6.45) is 6.07. The van der Waals surface area contributed by atoms with E-state index >= 15 is 0 Å². The van der Waals surface area contributed by atoms with Crippen LogP contribution in [0.1, 0.15) is 46.1 Å². The average Bonchev–Trinajstić information content (AvgIpc) is 2.71. The van der Waals surface area contributed by atoms with Gasteiger partial charge >= 0.3 is 0 Å². The van der Waals surface area contributed by atoms with Crippen molar-refractivity contribution in [3.8, 4) is 0 Å². The van der Waals surface area contributed by atoms with Crippen molar-refractivity contribution >= 4 is 44.6 Å². The molecule has 8 nitrogen and oxygen atoms in total. The van der Waals surface area contributed by atoms with Gasteiger partial charge in [0.1, 0.15) is 10.7 Å². The first kappa shape index (κ1) is 24.1. The molecule has 1 fully saturated rings. The van der Waals surface area contributed by atoms with E-state index in [0.717, 1.165) is 19.3 Å². The molecule has 0 aromatic carbocycles. The van der Waals surface area contributed by atoms with Gasteiger partial charge in [-0.15, -0.1) is 0 Å². The Morgan fingerprint density at radius 3 is 2.72 bits per heavy atom. The number of fused-ring (bicyclic) bond motifs is 1. The minimum atomic E-state index is -3.36. The fourth-order valence-corrected chi connectivity index (χ4v) is 4.62. The number of hydrogen-bond donors (Lipinski definition) is 1. The van der Waals surface area contributed by atoms with Crippen LogP contribution in [0.25, 0.3) is 11.2 Å². The fourth-order valence-electron chi connectivity index (χ4n) is 3.57. The molecule has 0 bridgehead atoms. The molecule has 1 saturated carbocycles. The molecule has 1 atom stereocenters. The van der Waals surface area contributed by atoms with Crippen molar-refractivity contribution in [3.05, 3.63) is 50.9 Å². The number of aliphatic imine (C=N–C) groups is 1. The predicted octanol–water partition coefficient (Wildman–Crippen LogP) is 4.14. The van der Waals surface area contributed by atoms with E-state index in [9.17, 15) is 13.2 Å². The van der Waals surface area contributed by atoms with Gasteiger partial charge in [-0.1, -0.05) is 37.6 Å². The third-order valence-electron chi connectivity index (χ3n) is 5.80. The number of allylic oxidation sites excluding steroid dienone is 2. The number of sulfone groups is 1. The summed E-state index contributed by atoms with van der Waals surface area (Å²) in [5.74, 6) is 0.559. The lowest BCUT2D eigenvalue weighted by atomic mass is 9.80. The van der Waals surface area contributed by atoms with Crippen LogP contribution < -0.4 is 10.9 Å². The summed E-state index contributed by atoms with van der Waals surface area (Å²) < 4.78 is 25.7. The zero-order valence-corrected chi connectivity index (χ0v) is 20.1. The molecular formula is C22H28ClN5O3S. The van der Waals surface area contributed by atoms with Gasteiger partial charge < -0.3 is 5.32 Å². The van der Waals surface area contributed by atoms with Crippen molar-refractivity contribution in [2.75, 3.05) is 17.6 Å². The van der Waals surface area contributed by atoms with Crippen LogP contribution in [0.5, 0.6) is 0 Å². The van der Waals surface area contributed by atoms with E-state index in [1.165, 1.54) is 12.3 Å². The van der Waals surface area contributed by atoms with Gasteiger partial charge in [-0.2, -0.15) is 0 Å². The molecule has 0 saturated heterocycles. The molecule has 10 heteroatoms. The Bertz CT molecular complexity index is 1250. The SMILES string of the molecule is C=C(CNc1nc2ccc(Cl)nc2n([C@H](C)C2CCC2)c1=O)/N=C\C(=C/C)S(=O)(=O)CC. The molecule has 2 aromatic heterocycles. The Labute approximate surface area is 193 Å². The van der Waals surface area contributed by atoms with Gasteiger partial charge in [0.15, 0.2) is 21.3 Å². The summed E-state index contributed by atoms with van der Waals surface area (Å²) >= 11 is 6.09. The highest BCUT2D eigenvalue weighted by molar-refractivity contribution is 7.96. The van der Waals surface area contributed by atoms with Crippen LogP contribution in [-0.4, -0.2) is 41.5 Å². The first-order valence-corrected chi connectivity index (χ1v) is 12.6. The molecule has 1 aliphatic rings. The molecule has 32 heavy (non-hydrogen) atoms. The van der Waals surface area contributed by atoms with Gasteiger partial charge in [-0.3, -0.25) is 14.4 Å². The van der Waals surface area contributed by atoms with Gasteiger partial charge in [0.2, 0.25) is 0 Å². The molecular weight excluding hydrogens is 450 g/mol. The van der Waals surface area contributed by atoms with Gasteiger partial charge in [0, 0.05) is 12.3 Å². The maximum Gasteiger partial charge on any atom is 0.295 e. The Morgan fingerprint density at radius 2 is 2.12 bits per heavy atom. The molecule has 1 N–H and O–H groups in total. The van der Waals surface area contributed by atoms with Crippen molar-refractivity contribution in [1.29, 1.82) is 0 Å². The van der Waals surface area contributed by atoms with Crippen LogP contribution in [0.2, 0.25) is 5.15 Å². The largest absolute Gasteiger partial charge is 0.360 e. The van der Waals surface area contributed by atoms with E-state index in [-0.39, 0.29) is 34.6 Å². The van der Waals surface area contributed by atoms with Crippen LogP contribution in [-0.2, 0) is 9.84 Å². The van der Waals surface area contributed by atoms with Crippen molar-refractivity contribution in [2.45, 2.75) is 46.1 Å². The second-order valence-corrected chi connectivity index (χ2v) is 10.5. The molecule has 2 aromatic rings. The van der Waals surface area contributed by atoms with E-state index in [1.54, 1.807) is 30.5 Å². The molecule has 0 spiro atoms. The molecule has 172 valence electrons. The molecule has 3 rings (SSSR count). The molecule has 0 amide bonds. The summed E-state index contributed by atoms with van der Waals surface area (Å²) in [6.45, 7) is 9.21. The van der Waals surface area contributed by atoms with Crippen molar-refractivity contribution < 1.29 is 8.42 Å². The zero-order valence-electron chi connectivity index (χ0n) is 18.5. The number of hydrogen-bond acceptors (Lipinski definition) is 7. The minimum Gasteiger partial charge on any atom is -0.360 e. The molecule has 0 radical (unpaired) electrons. The number of aromatic nitrogens is 3. The summed E-state index contributed by atoms with van der Waals surface area (Å²) in [4.78, 5) is 26.3. The molecule has 0 unspecified atom stereocenters. The number of nitrogens with one attached hydrogen (secondary N) is 1. The second-order valence-electron chi connectivity index (χ2n) is 7.82. The number of anilines is 1. The van der Waals surface area contributed by atoms with E-state index in [1.807, 2.05) is 6.92 Å². The number of pyridine rings is 1. The highest BCUT2D eigenvalue weighted by Gasteiger charge is 2.28. The standard InChI is InChI=1S/C22H28ClN5O3S/c1-5-17(32(30,31)6-2)13-24-14(3)12-25-20-22(29)28(15(4)16-8-7-9-16)21-18(26-20)10-11-19(23)27-21/h5,10-11,13,15-16H,3,6-9,12H2,1-2,4H3,(H,25,26)/b17-5+,24-13-/t15-/m1/s1. The van der Waals surface area contributed by atoms with Gasteiger partial charge in [0.05, 0.1) is 22.9 Å². The van der Waals surface area contributed by atoms with Crippen LogP contribution in [0, 0.1) is 5.92 Å². The number of nitrogens with zero attached hydrogens (tertiary/aromatic N) is 4. The van der Waals surface area contributed by atoms with Crippen molar-refractivity contribution in [1.82, 2.24) is 14.5 Å². The average molecular weight is 478 g/mol. The summed E-state index contributed by atoms with van der Waals surface area (Å²) in [5, 5.41) is 3.30. The quantitative estimate of drug-likeness (QED) is 0.429. The molecule has 1 aliphatic carbocycles. The van der Waals surface area contributed by atoms with E-state index in [4.69, 9.17) is 11.6 Å². The van der Waals surface area contributed by atoms with Gasteiger partial charge in [0.25, 0.3) is 5.56 Å². The van der Waals surface area contributed by atoms with Crippen molar-refractivity contribution in [2.24, 2.45) is 10.9 Å². The summed E-state index contributed by atoms with van der Waals surface area (Å²) in [6, 6.07) is 3.34. The lowest BCUT2D eigenvalue weighted by molar-refractivity contribution is 0.222. The topological polar surface area (TPSA) is 106 Å². The highest BCUT2D eigenvalue weighted by Crippen LogP contribution is 2.36. The summed E-state index contributed by atoms with van der Waals surface area (Å²) in [7, 11) is -3.36. The Balaban J connectivity index is 1.87. The molecule has 0 aliphatic heterocycles.